The van der Waals surface area contributed by atoms with Crippen molar-refractivity contribution in [3.8, 4) is 5.75 Å². The van der Waals surface area contributed by atoms with Crippen LogP contribution in [0, 0.1) is 5.92 Å². The number of aliphatic hydroxyl groups is 1. The Kier molecular flexibility index (Phi) is 17.1. The Labute approximate surface area is 307 Å². The molecule has 0 radical (unpaired) electrons. The SMILES string of the molecule is C=C1C(n2cnc3c(=O)nc(N)[nH]c32)C[C@H](O)[C@H]1COP(=O)(NCCNC(=O)CCCCCCC/C=C\CCCCCCCC)Oc1ccccc1. The second-order valence-electron chi connectivity index (χ2n) is 13.6. The summed E-state index contributed by atoms with van der Waals surface area (Å²) in [6, 6.07) is 8.23. The van der Waals surface area contributed by atoms with E-state index in [-0.39, 0.29) is 43.5 Å². The lowest BCUT2D eigenvalue weighted by molar-refractivity contribution is -0.121. The fourth-order valence-corrected chi connectivity index (χ4v) is 7.83. The molecule has 286 valence electrons. The number of aromatic amines is 1. The van der Waals surface area contributed by atoms with Gasteiger partial charge in [-0.1, -0.05) is 95.2 Å². The van der Waals surface area contributed by atoms with Gasteiger partial charge in [0.05, 0.1) is 25.1 Å². The number of nitrogens with two attached hydrogens (primary N) is 1. The second kappa shape index (κ2) is 21.7. The molecule has 6 N–H and O–H groups in total. The van der Waals surface area contributed by atoms with Gasteiger partial charge in [0, 0.05) is 25.4 Å². The van der Waals surface area contributed by atoms with Crippen molar-refractivity contribution in [1.29, 1.82) is 0 Å². The molecule has 52 heavy (non-hydrogen) atoms. The summed E-state index contributed by atoms with van der Waals surface area (Å²) in [7, 11) is -3.94. The first kappa shape index (κ1) is 41.0. The van der Waals surface area contributed by atoms with Crippen LogP contribution < -0.4 is 26.2 Å². The predicted octanol–water partition coefficient (Wildman–Crippen LogP) is 7.13. The number of nitrogen functional groups attached to an aromatic ring is 1. The highest BCUT2D eigenvalue weighted by molar-refractivity contribution is 7.52. The molecule has 0 spiro atoms. The number of amides is 1. The zero-order valence-corrected chi connectivity index (χ0v) is 31.5. The van der Waals surface area contributed by atoms with Crippen LogP contribution in [-0.4, -0.2) is 56.3 Å². The number of nitrogens with one attached hydrogen (secondary N) is 3. The normalized spacial score (nSPS) is 18.7. The number of H-pyrrole nitrogens is 1. The number of hydrogen-bond donors (Lipinski definition) is 5. The number of nitrogens with zero attached hydrogens (tertiary/aromatic N) is 3. The fraction of sp³-hybridized carbons (Fsp3) is 0.579. The monoisotopic (exact) mass is 739 g/mol. The summed E-state index contributed by atoms with van der Waals surface area (Å²) < 4.78 is 27.3. The van der Waals surface area contributed by atoms with E-state index in [1.54, 1.807) is 28.8 Å². The van der Waals surface area contributed by atoms with Crippen LogP contribution in [0.5, 0.6) is 5.75 Å². The molecular weight excluding hydrogens is 681 g/mol. The predicted molar refractivity (Wildman–Crippen MR) is 206 cm³/mol. The maximum atomic E-state index is 13.9. The molecule has 0 bridgehead atoms. The van der Waals surface area contributed by atoms with Crippen LogP contribution in [0.1, 0.15) is 109 Å². The summed E-state index contributed by atoms with van der Waals surface area (Å²) in [6.45, 7) is 6.67. The van der Waals surface area contributed by atoms with Crippen LogP contribution in [0.4, 0.5) is 5.95 Å². The molecule has 14 heteroatoms. The first-order valence-corrected chi connectivity index (χ1v) is 20.5. The number of unbranched alkanes of at least 4 members (excludes halogenated alkanes) is 11. The van der Waals surface area contributed by atoms with E-state index >= 15 is 0 Å². The van der Waals surface area contributed by atoms with Gasteiger partial charge in [-0.2, -0.15) is 4.98 Å². The molecule has 4 atom stereocenters. The largest absolute Gasteiger partial charge is 0.458 e. The summed E-state index contributed by atoms with van der Waals surface area (Å²) in [6.07, 6.45) is 21.6. The molecule has 3 aromatic rings. The summed E-state index contributed by atoms with van der Waals surface area (Å²) >= 11 is 0. The number of carbonyl (C=O) groups excluding carboxylic acids is 1. The number of carbonyl (C=O) groups is 1. The standard InChI is InChI=1S/C38H58N7O6P/c1-3-4-5-6-7-8-9-10-11-12-13-14-15-16-20-23-34(47)40-24-25-42-52(49,51-30-21-18-17-19-22-30)50-27-31-29(2)32(26-33(31)46)45-28-41-35-36(45)43-38(39)44-37(35)48/h10-11,17-19,21-22,28,31-33,46H,2-9,12-16,20,23-27H2,1H3,(H,40,47)(H,42,49)(H3,39,43,44,48)/b11-10-/t31-,32?,33-,52?/m0/s1. The first-order chi connectivity index (χ1) is 25.2. The molecule has 2 aromatic heterocycles. The van der Waals surface area contributed by atoms with E-state index < -0.39 is 31.4 Å². The third-order valence-corrected chi connectivity index (χ3v) is 11.0. The van der Waals surface area contributed by atoms with Crippen molar-refractivity contribution in [3.63, 3.8) is 0 Å². The van der Waals surface area contributed by atoms with Crippen molar-refractivity contribution in [2.75, 3.05) is 25.4 Å². The van der Waals surface area contributed by atoms with E-state index in [0.717, 1.165) is 25.7 Å². The zero-order valence-electron chi connectivity index (χ0n) is 30.6. The van der Waals surface area contributed by atoms with Gasteiger partial charge in [-0.25, -0.2) is 14.6 Å². The molecule has 0 aliphatic heterocycles. The summed E-state index contributed by atoms with van der Waals surface area (Å²) in [5.74, 6) is -0.349. The number of fused-ring (bicyclic) bond motifs is 1. The van der Waals surface area contributed by atoms with E-state index in [2.05, 4.69) is 51.0 Å². The molecule has 1 aliphatic carbocycles. The number of para-hydroxylation sites is 1. The number of aliphatic hydroxyl groups excluding tert-OH is 1. The quantitative estimate of drug-likeness (QED) is 0.0340. The number of anilines is 1. The van der Waals surface area contributed by atoms with Gasteiger partial charge in [-0.05, 0) is 56.2 Å². The van der Waals surface area contributed by atoms with Crippen LogP contribution in [0.15, 0.2) is 65.8 Å². The van der Waals surface area contributed by atoms with Gasteiger partial charge in [0.2, 0.25) is 11.9 Å². The minimum Gasteiger partial charge on any atom is -0.413 e. The number of aromatic nitrogens is 4. The highest BCUT2D eigenvalue weighted by Crippen LogP contribution is 2.47. The maximum Gasteiger partial charge on any atom is 0.458 e. The highest BCUT2D eigenvalue weighted by Gasteiger charge is 2.40. The third-order valence-electron chi connectivity index (χ3n) is 9.45. The van der Waals surface area contributed by atoms with Gasteiger partial charge in [0.15, 0.2) is 5.52 Å². The number of imidazole rings is 1. The van der Waals surface area contributed by atoms with Gasteiger partial charge in [0.1, 0.15) is 11.4 Å². The number of hydrogen-bond acceptors (Lipinski definition) is 9. The van der Waals surface area contributed by atoms with Crippen LogP contribution in [0.2, 0.25) is 0 Å². The van der Waals surface area contributed by atoms with E-state index in [9.17, 15) is 19.3 Å². The van der Waals surface area contributed by atoms with E-state index in [4.69, 9.17) is 14.8 Å². The topological polar surface area (TPSA) is 186 Å². The lowest BCUT2D eigenvalue weighted by atomic mass is 10.0. The number of rotatable bonds is 25. The summed E-state index contributed by atoms with van der Waals surface area (Å²) in [5.41, 5.74) is 6.31. The van der Waals surface area contributed by atoms with E-state index in [1.807, 2.05) is 6.07 Å². The van der Waals surface area contributed by atoms with Crippen molar-refractivity contribution < 1.29 is 23.5 Å². The van der Waals surface area contributed by atoms with Crippen LogP contribution in [0.3, 0.4) is 0 Å². The van der Waals surface area contributed by atoms with Gasteiger partial charge >= 0.3 is 13.3 Å². The van der Waals surface area contributed by atoms with Crippen molar-refractivity contribution in [1.82, 2.24) is 29.9 Å². The Bertz CT molecular complexity index is 1680. The van der Waals surface area contributed by atoms with Crippen molar-refractivity contribution in [2.45, 2.75) is 115 Å². The fourth-order valence-electron chi connectivity index (χ4n) is 6.48. The minimum atomic E-state index is -3.94. The van der Waals surface area contributed by atoms with Crippen molar-refractivity contribution in [2.24, 2.45) is 5.92 Å². The van der Waals surface area contributed by atoms with Gasteiger partial charge in [-0.3, -0.25) is 14.1 Å². The third kappa shape index (κ3) is 13.0. The van der Waals surface area contributed by atoms with E-state index in [0.29, 0.717) is 23.4 Å². The lowest BCUT2D eigenvalue weighted by Gasteiger charge is -2.23. The average Bonchev–Trinajstić information content (AvgIpc) is 3.67. The Balaban J connectivity index is 1.16. The van der Waals surface area contributed by atoms with Crippen LogP contribution in [0.25, 0.3) is 11.2 Å². The second-order valence-corrected chi connectivity index (χ2v) is 15.3. The summed E-state index contributed by atoms with van der Waals surface area (Å²) in [5, 5.41) is 16.7. The first-order valence-electron chi connectivity index (χ1n) is 19.0. The van der Waals surface area contributed by atoms with Crippen molar-refractivity contribution in [3.05, 3.63) is 71.3 Å². The molecule has 0 saturated heterocycles. The van der Waals surface area contributed by atoms with Crippen LogP contribution in [-0.2, 0) is 13.9 Å². The Morgan fingerprint density at radius 3 is 2.44 bits per heavy atom. The summed E-state index contributed by atoms with van der Waals surface area (Å²) in [4.78, 5) is 35.4. The van der Waals surface area contributed by atoms with E-state index in [1.165, 1.54) is 64.1 Å². The number of allylic oxidation sites excluding steroid dienone is 2. The molecule has 4 rings (SSSR count). The maximum absolute atomic E-state index is 13.9. The molecule has 1 fully saturated rings. The minimum absolute atomic E-state index is 0.0485. The molecule has 13 nitrogen and oxygen atoms in total. The highest BCUT2D eigenvalue weighted by atomic mass is 31.2. The van der Waals surface area contributed by atoms with Gasteiger partial charge < -0.3 is 30.2 Å². The lowest BCUT2D eigenvalue weighted by Crippen LogP contribution is -2.32. The number of benzene rings is 1. The molecule has 1 aromatic carbocycles. The molecule has 2 unspecified atom stereocenters. The van der Waals surface area contributed by atoms with Gasteiger partial charge in [-0.15, -0.1) is 0 Å². The molecule has 1 saturated carbocycles. The molecule has 2 heterocycles. The Hall–Kier alpha value is -3.77. The Morgan fingerprint density at radius 2 is 1.73 bits per heavy atom. The average molecular weight is 740 g/mol. The molecular formula is C38H58N7O6P. The van der Waals surface area contributed by atoms with Crippen molar-refractivity contribution >= 4 is 30.8 Å². The van der Waals surface area contributed by atoms with Gasteiger partial charge in [0.25, 0.3) is 0 Å². The smallest absolute Gasteiger partial charge is 0.413 e. The molecule has 1 aliphatic rings. The zero-order chi connectivity index (χ0) is 37.2. The molecule has 1 amide bonds. The van der Waals surface area contributed by atoms with Crippen LogP contribution >= 0.6 is 7.75 Å². The Morgan fingerprint density at radius 1 is 1.06 bits per heavy atom.